The second kappa shape index (κ2) is 5.51. The van der Waals surface area contributed by atoms with Gasteiger partial charge in [0.15, 0.2) is 0 Å². The summed E-state index contributed by atoms with van der Waals surface area (Å²) in [4.78, 5) is 10.9. The van der Waals surface area contributed by atoms with E-state index in [4.69, 9.17) is 10.5 Å². The van der Waals surface area contributed by atoms with Gasteiger partial charge in [-0.25, -0.2) is 0 Å². The molecule has 0 aliphatic heterocycles. The zero-order chi connectivity index (χ0) is 12.1. The molecule has 0 fully saturated rings. The molecule has 1 unspecified atom stereocenters. The lowest BCUT2D eigenvalue weighted by Gasteiger charge is -2.18. The minimum absolute atomic E-state index is 0.0533. The molecule has 0 saturated carbocycles. The van der Waals surface area contributed by atoms with Crippen molar-refractivity contribution in [3.63, 3.8) is 0 Å². The Kier molecular flexibility index (Phi) is 4.31. The summed E-state index contributed by atoms with van der Waals surface area (Å²) in [5, 5.41) is 3.12. The molecule has 0 radical (unpaired) electrons. The quantitative estimate of drug-likeness (QED) is 0.787. The van der Waals surface area contributed by atoms with Gasteiger partial charge in [0, 0.05) is 6.04 Å². The third kappa shape index (κ3) is 3.24. The summed E-state index contributed by atoms with van der Waals surface area (Å²) >= 11 is 0. The van der Waals surface area contributed by atoms with Crippen molar-refractivity contribution in [3.8, 4) is 5.75 Å². The molecule has 0 aliphatic carbocycles. The molecule has 1 rings (SSSR count). The van der Waals surface area contributed by atoms with E-state index in [2.05, 4.69) is 5.32 Å². The maximum absolute atomic E-state index is 10.9. The van der Waals surface area contributed by atoms with Crippen molar-refractivity contribution in [3.05, 3.63) is 29.8 Å². The Morgan fingerprint density at radius 3 is 2.69 bits per heavy atom. The van der Waals surface area contributed by atoms with E-state index in [1.807, 2.05) is 31.2 Å². The lowest BCUT2D eigenvalue weighted by Crippen LogP contribution is -2.39. The van der Waals surface area contributed by atoms with Crippen molar-refractivity contribution >= 4 is 5.91 Å². The molecule has 88 valence electrons. The van der Waals surface area contributed by atoms with Gasteiger partial charge in [-0.1, -0.05) is 12.1 Å². The summed E-state index contributed by atoms with van der Waals surface area (Å²) in [6, 6.07) is 7.42. The molecular weight excluding hydrogens is 204 g/mol. The van der Waals surface area contributed by atoms with E-state index >= 15 is 0 Å². The molecule has 2 atom stereocenters. The van der Waals surface area contributed by atoms with Crippen LogP contribution >= 0.6 is 0 Å². The molecule has 0 bridgehead atoms. The summed E-state index contributed by atoms with van der Waals surface area (Å²) in [5.41, 5.74) is 6.25. The number of hydrogen-bond donors (Lipinski definition) is 2. The Bertz CT molecular complexity index is 366. The van der Waals surface area contributed by atoms with Gasteiger partial charge in [-0.15, -0.1) is 0 Å². The molecule has 16 heavy (non-hydrogen) atoms. The monoisotopic (exact) mass is 222 g/mol. The fourth-order valence-electron chi connectivity index (χ4n) is 1.46. The van der Waals surface area contributed by atoms with Gasteiger partial charge in [-0.3, -0.25) is 10.1 Å². The van der Waals surface area contributed by atoms with Crippen LogP contribution in [0.1, 0.15) is 25.5 Å². The highest BCUT2D eigenvalue weighted by Gasteiger charge is 2.13. The van der Waals surface area contributed by atoms with Gasteiger partial charge in [0.2, 0.25) is 5.91 Å². The smallest absolute Gasteiger partial charge is 0.234 e. The lowest BCUT2D eigenvalue weighted by molar-refractivity contribution is -0.119. The molecule has 0 heterocycles. The zero-order valence-electron chi connectivity index (χ0n) is 9.86. The minimum Gasteiger partial charge on any atom is -0.497 e. The van der Waals surface area contributed by atoms with Crippen LogP contribution in [0.3, 0.4) is 0 Å². The lowest BCUT2D eigenvalue weighted by atomic mass is 10.1. The first kappa shape index (κ1) is 12.5. The third-order valence-electron chi connectivity index (χ3n) is 2.52. The number of primary amides is 1. The fraction of sp³-hybridized carbons (Fsp3) is 0.417. The van der Waals surface area contributed by atoms with Crippen molar-refractivity contribution in [2.75, 3.05) is 7.11 Å². The SMILES string of the molecule is COc1cccc([C@@H](C)NC(C)C(N)=O)c1. The number of amides is 1. The highest BCUT2D eigenvalue weighted by molar-refractivity contribution is 5.79. The number of benzene rings is 1. The summed E-state index contributed by atoms with van der Waals surface area (Å²) < 4.78 is 5.14. The Morgan fingerprint density at radius 2 is 2.12 bits per heavy atom. The van der Waals surface area contributed by atoms with Crippen LogP contribution in [0.4, 0.5) is 0 Å². The number of ether oxygens (including phenoxy) is 1. The zero-order valence-corrected chi connectivity index (χ0v) is 9.86. The number of nitrogens with one attached hydrogen (secondary N) is 1. The number of rotatable bonds is 5. The summed E-state index contributed by atoms with van der Waals surface area (Å²) in [6.07, 6.45) is 0. The van der Waals surface area contributed by atoms with Crippen LogP contribution < -0.4 is 15.8 Å². The molecule has 0 aromatic heterocycles. The van der Waals surface area contributed by atoms with Crippen molar-refractivity contribution in [2.24, 2.45) is 5.73 Å². The van der Waals surface area contributed by atoms with Gasteiger partial charge in [0.05, 0.1) is 13.2 Å². The van der Waals surface area contributed by atoms with Gasteiger partial charge in [-0.2, -0.15) is 0 Å². The molecule has 1 aromatic carbocycles. The van der Waals surface area contributed by atoms with E-state index in [0.29, 0.717) is 0 Å². The van der Waals surface area contributed by atoms with Crippen molar-refractivity contribution in [2.45, 2.75) is 25.9 Å². The second-order valence-corrected chi connectivity index (χ2v) is 3.79. The van der Waals surface area contributed by atoms with Gasteiger partial charge in [-0.05, 0) is 31.5 Å². The maximum Gasteiger partial charge on any atom is 0.234 e. The van der Waals surface area contributed by atoms with Gasteiger partial charge < -0.3 is 10.5 Å². The molecule has 3 N–H and O–H groups in total. The largest absolute Gasteiger partial charge is 0.497 e. The molecule has 4 nitrogen and oxygen atoms in total. The average Bonchev–Trinajstić information content (AvgIpc) is 2.28. The number of carbonyl (C=O) groups is 1. The molecule has 0 aliphatic rings. The standard InChI is InChI=1S/C12H18N2O2/c1-8(14-9(2)12(13)15)10-5-4-6-11(7-10)16-3/h4-9,14H,1-3H3,(H2,13,15)/t8-,9?/m1/s1. The molecular formula is C12H18N2O2. The van der Waals surface area contributed by atoms with Crippen LogP contribution in [0.25, 0.3) is 0 Å². The van der Waals surface area contributed by atoms with Crippen LogP contribution in [-0.2, 0) is 4.79 Å². The first-order chi connectivity index (χ1) is 7.54. The molecule has 0 spiro atoms. The number of hydrogen-bond acceptors (Lipinski definition) is 3. The number of methoxy groups -OCH3 is 1. The fourth-order valence-corrected chi connectivity index (χ4v) is 1.46. The van der Waals surface area contributed by atoms with Gasteiger partial charge >= 0.3 is 0 Å². The van der Waals surface area contributed by atoms with Gasteiger partial charge in [0.1, 0.15) is 5.75 Å². The predicted molar refractivity (Wildman–Crippen MR) is 63.2 cm³/mol. The summed E-state index contributed by atoms with van der Waals surface area (Å²) in [6.45, 7) is 3.73. The van der Waals surface area contributed by atoms with E-state index in [1.54, 1.807) is 14.0 Å². The minimum atomic E-state index is -0.352. The molecule has 1 aromatic rings. The summed E-state index contributed by atoms with van der Waals surface area (Å²) in [7, 11) is 1.63. The topological polar surface area (TPSA) is 64.3 Å². The second-order valence-electron chi connectivity index (χ2n) is 3.79. The van der Waals surface area contributed by atoms with Crippen molar-refractivity contribution in [1.82, 2.24) is 5.32 Å². The average molecular weight is 222 g/mol. The number of nitrogens with two attached hydrogens (primary N) is 1. The van der Waals surface area contributed by atoms with Crippen molar-refractivity contribution in [1.29, 1.82) is 0 Å². The molecule has 4 heteroatoms. The van der Waals surface area contributed by atoms with Crippen LogP contribution in [0, 0.1) is 0 Å². The van der Waals surface area contributed by atoms with E-state index < -0.39 is 0 Å². The Labute approximate surface area is 95.8 Å². The Morgan fingerprint density at radius 1 is 1.44 bits per heavy atom. The van der Waals surface area contributed by atoms with E-state index in [9.17, 15) is 4.79 Å². The number of carbonyl (C=O) groups excluding carboxylic acids is 1. The Hall–Kier alpha value is -1.55. The van der Waals surface area contributed by atoms with Crippen LogP contribution in [0.2, 0.25) is 0 Å². The normalized spacial score (nSPS) is 14.2. The van der Waals surface area contributed by atoms with Gasteiger partial charge in [0.25, 0.3) is 0 Å². The van der Waals surface area contributed by atoms with Crippen LogP contribution in [0.5, 0.6) is 5.75 Å². The first-order valence-corrected chi connectivity index (χ1v) is 5.24. The maximum atomic E-state index is 10.9. The van der Waals surface area contributed by atoms with E-state index in [-0.39, 0.29) is 18.0 Å². The highest BCUT2D eigenvalue weighted by atomic mass is 16.5. The molecule has 0 saturated heterocycles. The Balaban J connectivity index is 2.72. The van der Waals surface area contributed by atoms with E-state index in [0.717, 1.165) is 11.3 Å². The third-order valence-corrected chi connectivity index (χ3v) is 2.52. The van der Waals surface area contributed by atoms with E-state index in [1.165, 1.54) is 0 Å². The molecule has 1 amide bonds. The highest BCUT2D eigenvalue weighted by Crippen LogP contribution is 2.18. The first-order valence-electron chi connectivity index (χ1n) is 5.24. The van der Waals surface area contributed by atoms with Crippen LogP contribution in [-0.4, -0.2) is 19.1 Å². The predicted octanol–water partition coefficient (Wildman–Crippen LogP) is 1.22. The van der Waals surface area contributed by atoms with Crippen LogP contribution in [0.15, 0.2) is 24.3 Å². The van der Waals surface area contributed by atoms with Crippen molar-refractivity contribution < 1.29 is 9.53 Å². The summed E-state index contributed by atoms with van der Waals surface area (Å²) in [5.74, 6) is 0.452.